The molecule has 3 rings (SSSR count). The van der Waals surface area contributed by atoms with E-state index in [4.69, 9.17) is 5.11 Å². The third-order valence-corrected chi connectivity index (χ3v) is 4.27. The Hall–Kier alpha value is -1.85. The van der Waals surface area contributed by atoms with Gasteiger partial charge in [0.05, 0.1) is 11.9 Å². The van der Waals surface area contributed by atoms with Crippen molar-refractivity contribution < 1.29 is 14.7 Å². The lowest BCUT2D eigenvalue weighted by atomic mass is 9.88. The van der Waals surface area contributed by atoms with Gasteiger partial charge >= 0.3 is 5.97 Å². The maximum absolute atomic E-state index is 12.2. The van der Waals surface area contributed by atoms with Crippen LogP contribution < -0.4 is 5.32 Å². The van der Waals surface area contributed by atoms with Crippen LogP contribution in [-0.2, 0) is 16.1 Å². The highest BCUT2D eigenvalue weighted by Crippen LogP contribution is 2.48. The van der Waals surface area contributed by atoms with Crippen molar-refractivity contribution in [2.75, 3.05) is 5.32 Å². The zero-order valence-electron chi connectivity index (χ0n) is 10.6. The summed E-state index contributed by atoms with van der Waals surface area (Å²) in [5.41, 5.74) is 0.578. The van der Waals surface area contributed by atoms with E-state index >= 15 is 0 Å². The molecule has 2 saturated carbocycles. The second-order valence-electron chi connectivity index (χ2n) is 5.59. The molecule has 0 radical (unpaired) electrons. The number of carbonyl (C=O) groups excluding carboxylic acids is 1. The molecule has 0 spiro atoms. The van der Waals surface area contributed by atoms with E-state index in [9.17, 15) is 9.59 Å². The summed E-state index contributed by atoms with van der Waals surface area (Å²) < 4.78 is 1.30. The normalized spacial score (nSPS) is 28.5. The molecule has 2 aliphatic rings. The SMILES string of the molecule is O=C(O)Cn1cc(NC(=O)C2CC3CCC2C3)cn1. The summed E-state index contributed by atoms with van der Waals surface area (Å²) in [7, 11) is 0. The van der Waals surface area contributed by atoms with Gasteiger partial charge in [-0.2, -0.15) is 5.10 Å². The maximum atomic E-state index is 12.2. The number of nitrogens with one attached hydrogen (secondary N) is 1. The van der Waals surface area contributed by atoms with Crippen LogP contribution >= 0.6 is 0 Å². The van der Waals surface area contributed by atoms with Gasteiger partial charge in [-0.25, -0.2) is 0 Å². The van der Waals surface area contributed by atoms with Crippen molar-refractivity contribution in [3.63, 3.8) is 0 Å². The summed E-state index contributed by atoms with van der Waals surface area (Å²) in [5, 5.41) is 15.4. The zero-order chi connectivity index (χ0) is 13.4. The largest absolute Gasteiger partial charge is 0.480 e. The van der Waals surface area contributed by atoms with Crippen molar-refractivity contribution in [2.45, 2.75) is 32.2 Å². The number of rotatable bonds is 4. The molecular formula is C13H17N3O3. The summed E-state index contributed by atoms with van der Waals surface area (Å²) in [6.07, 6.45) is 7.68. The lowest BCUT2D eigenvalue weighted by molar-refractivity contribution is -0.137. The molecule has 3 atom stereocenters. The molecule has 2 N–H and O–H groups in total. The van der Waals surface area contributed by atoms with Crippen LogP contribution in [0.15, 0.2) is 12.4 Å². The average Bonchev–Trinajstić information content (AvgIpc) is 3.04. The van der Waals surface area contributed by atoms with Crippen LogP contribution in [0.3, 0.4) is 0 Å². The summed E-state index contributed by atoms with van der Waals surface area (Å²) in [5.74, 6) is 0.507. The van der Waals surface area contributed by atoms with Crippen molar-refractivity contribution >= 4 is 17.6 Å². The Morgan fingerprint density at radius 3 is 2.89 bits per heavy atom. The molecule has 0 saturated heterocycles. The molecule has 1 heterocycles. The molecule has 1 amide bonds. The Bertz CT molecular complexity index is 511. The topological polar surface area (TPSA) is 84.2 Å². The molecule has 102 valence electrons. The van der Waals surface area contributed by atoms with Crippen molar-refractivity contribution in [2.24, 2.45) is 17.8 Å². The molecule has 0 aliphatic heterocycles. The standard InChI is InChI=1S/C13H17N3O3/c17-12(18)7-16-6-10(5-14-16)15-13(19)11-4-8-1-2-9(11)3-8/h5-6,8-9,11H,1-4,7H2,(H,15,19)(H,17,18). The van der Waals surface area contributed by atoms with Gasteiger partial charge in [-0.05, 0) is 31.1 Å². The minimum absolute atomic E-state index is 0.0575. The van der Waals surface area contributed by atoms with Gasteiger partial charge < -0.3 is 10.4 Å². The highest BCUT2D eigenvalue weighted by Gasteiger charge is 2.43. The summed E-state index contributed by atoms with van der Waals surface area (Å²) in [6, 6.07) is 0. The molecule has 2 aliphatic carbocycles. The number of anilines is 1. The first-order valence-corrected chi connectivity index (χ1v) is 6.67. The van der Waals surface area contributed by atoms with Gasteiger partial charge in [-0.3, -0.25) is 14.3 Å². The predicted molar refractivity (Wildman–Crippen MR) is 67.4 cm³/mol. The molecule has 3 unspecified atom stereocenters. The smallest absolute Gasteiger partial charge is 0.325 e. The van der Waals surface area contributed by atoms with E-state index in [1.54, 1.807) is 6.20 Å². The number of carboxylic acids is 1. The Morgan fingerprint density at radius 2 is 2.26 bits per heavy atom. The van der Waals surface area contributed by atoms with E-state index in [-0.39, 0.29) is 18.4 Å². The molecule has 1 aromatic heterocycles. The number of aliphatic carboxylic acids is 1. The second-order valence-corrected chi connectivity index (χ2v) is 5.59. The van der Waals surface area contributed by atoms with Crippen LogP contribution in [0.2, 0.25) is 0 Å². The van der Waals surface area contributed by atoms with Gasteiger partial charge in [0.1, 0.15) is 6.54 Å². The maximum Gasteiger partial charge on any atom is 0.325 e. The van der Waals surface area contributed by atoms with Crippen LogP contribution in [0.5, 0.6) is 0 Å². The van der Waals surface area contributed by atoms with Crippen molar-refractivity contribution in [1.29, 1.82) is 0 Å². The fourth-order valence-corrected chi connectivity index (χ4v) is 3.45. The number of carboxylic acid groups (broad SMARTS) is 1. The number of fused-ring (bicyclic) bond motifs is 2. The number of carbonyl (C=O) groups is 2. The molecule has 2 fully saturated rings. The molecule has 19 heavy (non-hydrogen) atoms. The highest BCUT2D eigenvalue weighted by atomic mass is 16.4. The number of hydrogen-bond donors (Lipinski definition) is 2. The van der Waals surface area contributed by atoms with Gasteiger partial charge in [-0.1, -0.05) is 6.42 Å². The third-order valence-electron chi connectivity index (χ3n) is 4.27. The summed E-state index contributed by atoms with van der Waals surface area (Å²) in [6.45, 7) is -0.190. The zero-order valence-corrected chi connectivity index (χ0v) is 10.6. The van der Waals surface area contributed by atoms with Crippen LogP contribution in [-0.4, -0.2) is 26.8 Å². The molecule has 6 nitrogen and oxygen atoms in total. The van der Waals surface area contributed by atoms with E-state index in [2.05, 4.69) is 10.4 Å². The first kappa shape index (κ1) is 12.2. The lowest BCUT2D eigenvalue weighted by Gasteiger charge is -2.20. The van der Waals surface area contributed by atoms with Crippen LogP contribution in [0.4, 0.5) is 5.69 Å². The average molecular weight is 263 g/mol. The van der Waals surface area contributed by atoms with Gasteiger partial charge in [-0.15, -0.1) is 0 Å². The first-order chi connectivity index (χ1) is 9.11. The fourth-order valence-electron chi connectivity index (χ4n) is 3.45. The Morgan fingerprint density at radius 1 is 1.42 bits per heavy atom. The molecular weight excluding hydrogens is 246 g/mol. The van der Waals surface area contributed by atoms with Crippen LogP contribution in [0.25, 0.3) is 0 Å². The number of amides is 1. The van der Waals surface area contributed by atoms with Crippen LogP contribution in [0, 0.1) is 17.8 Å². The van der Waals surface area contributed by atoms with Gasteiger partial charge in [0.25, 0.3) is 0 Å². The Balaban J connectivity index is 1.60. The van der Waals surface area contributed by atoms with Gasteiger partial charge in [0.2, 0.25) is 5.91 Å². The van der Waals surface area contributed by atoms with E-state index in [1.165, 1.54) is 30.1 Å². The van der Waals surface area contributed by atoms with E-state index in [1.807, 2.05) is 0 Å². The van der Waals surface area contributed by atoms with Gasteiger partial charge in [0.15, 0.2) is 0 Å². The predicted octanol–water partition coefficient (Wildman–Crippen LogP) is 1.34. The van der Waals surface area contributed by atoms with Crippen molar-refractivity contribution in [1.82, 2.24) is 9.78 Å². The number of hydrogen-bond acceptors (Lipinski definition) is 3. The quantitative estimate of drug-likeness (QED) is 0.858. The van der Waals surface area contributed by atoms with Gasteiger partial charge in [0, 0.05) is 12.1 Å². The van der Waals surface area contributed by atoms with Crippen molar-refractivity contribution in [3.05, 3.63) is 12.4 Å². The molecule has 6 heteroatoms. The molecule has 0 aromatic carbocycles. The minimum atomic E-state index is -0.950. The Kier molecular flexibility index (Phi) is 3.00. The molecule has 1 aromatic rings. The monoisotopic (exact) mass is 263 g/mol. The third kappa shape index (κ3) is 2.47. The fraction of sp³-hybridized carbons (Fsp3) is 0.615. The van der Waals surface area contributed by atoms with Crippen LogP contribution in [0.1, 0.15) is 25.7 Å². The second kappa shape index (κ2) is 4.68. The first-order valence-electron chi connectivity index (χ1n) is 6.67. The Labute approximate surface area is 110 Å². The lowest BCUT2D eigenvalue weighted by Crippen LogP contribution is -2.27. The summed E-state index contributed by atoms with van der Waals surface area (Å²) in [4.78, 5) is 22.7. The molecule has 2 bridgehead atoms. The summed E-state index contributed by atoms with van der Waals surface area (Å²) >= 11 is 0. The van der Waals surface area contributed by atoms with E-state index in [0.29, 0.717) is 11.6 Å². The van der Waals surface area contributed by atoms with Crippen molar-refractivity contribution in [3.8, 4) is 0 Å². The highest BCUT2D eigenvalue weighted by molar-refractivity contribution is 5.92. The number of aromatic nitrogens is 2. The van der Waals surface area contributed by atoms with E-state index in [0.717, 1.165) is 12.3 Å². The van der Waals surface area contributed by atoms with E-state index < -0.39 is 5.97 Å². The minimum Gasteiger partial charge on any atom is -0.480 e. The number of nitrogens with zero attached hydrogens (tertiary/aromatic N) is 2.